The van der Waals surface area contributed by atoms with Crippen LogP contribution < -0.4 is 0 Å². The molecule has 0 aromatic carbocycles. The smallest absolute Gasteiger partial charge is 0.275 e. The minimum Gasteiger partial charge on any atom is -0.275 e. The number of hydrogen-bond donors (Lipinski definition) is 0. The molecule has 3 aromatic rings. The number of nitrogens with zero attached hydrogens (tertiary/aromatic N) is 5. The van der Waals surface area contributed by atoms with Gasteiger partial charge in [-0.3, -0.25) is 4.40 Å². The Morgan fingerprint density at radius 3 is 2.74 bits per heavy atom. The molecule has 3 rings (SSSR count). The van der Waals surface area contributed by atoms with Crippen LogP contribution in [-0.2, 0) is 6.18 Å². The van der Waals surface area contributed by atoms with Crippen LogP contribution >= 0.6 is 23.4 Å². The van der Waals surface area contributed by atoms with Crippen molar-refractivity contribution in [1.29, 1.82) is 5.26 Å². The lowest BCUT2D eigenvalue weighted by molar-refractivity contribution is -0.137. The van der Waals surface area contributed by atoms with E-state index in [0.29, 0.717) is 5.03 Å². The van der Waals surface area contributed by atoms with Crippen molar-refractivity contribution < 1.29 is 13.2 Å². The highest BCUT2D eigenvalue weighted by Crippen LogP contribution is 2.34. The van der Waals surface area contributed by atoms with Gasteiger partial charge in [0, 0.05) is 6.20 Å². The Morgan fingerprint density at radius 2 is 2.04 bits per heavy atom. The van der Waals surface area contributed by atoms with E-state index in [0.717, 1.165) is 28.4 Å². The molecular formula is C13H5ClF3N5S. The summed E-state index contributed by atoms with van der Waals surface area (Å²) in [6.07, 6.45) is -3.67. The van der Waals surface area contributed by atoms with E-state index in [-0.39, 0.29) is 21.5 Å². The summed E-state index contributed by atoms with van der Waals surface area (Å²) < 4.78 is 39.8. The Labute approximate surface area is 136 Å². The second-order valence-electron chi connectivity index (χ2n) is 4.33. The van der Waals surface area contributed by atoms with Crippen LogP contribution in [-0.4, -0.2) is 19.6 Å². The molecule has 0 N–H and O–H groups in total. The van der Waals surface area contributed by atoms with E-state index in [2.05, 4.69) is 15.2 Å². The largest absolute Gasteiger partial charge is 0.417 e. The van der Waals surface area contributed by atoms with Crippen LogP contribution in [0.25, 0.3) is 5.65 Å². The zero-order valence-electron chi connectivity index (χ0n) is 11.0. The summed E-state index contributed by atoms with van der Waals surface area (Å²) in [5, 5.41) is 16.9. The predicted octanol–water partition coefficient (Wildman–Crippen LogP) is 3.82. The first kappa shape index (κ1) is 15.6. The van der Waals surface area contributed by atoms with Crippen LogP contribution in [0.2, 0.25) is 5.02 Å². The fourth-order valence-corrected chi connectivity index (χ4v) is 2.83. The molecule has 0 bridgehead atoms. The first-order chi connectivity index (χ1) is 10.9. The van der Waals surface area contributed by atoms with E-state index in [1.165, 1.54) is 6.07 Å². The van der Waals surface area contributed by atoms with Gasteiger partial charge in [0.15, 0.2) is 5.65 Å². The third-order valence-corrected chi connectivity index (χ3v) is 3.97. The summed E-state index contributed by atoms with van der Waals surface area (Å²) in [5.41, 5.74) is -0.605. The van der Waals surface area contributed by atoms with Crippen LogP contribution in [0.5, 0.6) is 0 Å². The topological polar surface area (TPSA) is 66.9 Å². The van der Waals surface area contributed by atoms with Crippen molar-refractivity contribution in [3.8, 4) is 6.07 Å². The van der Waals surface area contributed by atoms with Gasteiger partial charge in [-0.25, -0.2) is 4.98 Å². The first-order valence-corrected chi connectivity index (χ1v) is 7.24. The molecule has 116 valence electrons. The molecule has 23 heavy (non-hydrogen) atoms. The fourth-order valence-electron chi connectivity index (χ4n) is 1.79. The molecule has 3 heterocycles. The lowest BCUT2D eigenvalue weighted by Crippen LogP contribution is -2.07. The molecule has 0 fully saturated rings. The number of halogens is 4. The van der Waals surface area contributed by atoms with E-state index < -0.39 is 11.7 Å². The van der Waals surface area contributed by atoms with Gasteiger partial charge in [-0.2, -0.15) is 18.4 Å². The SMILES string of the molecule is N#Cc1cccc(Sc2nnc3c(Cl)cc(C(F)(F)F)cn23)n1. The lowest BCUT2D eigenvalue weighted by atomic mass is 10.3. The van der Waals surface area contributed by atoms with Crippen molar-refractivity contribution in [1.82, 2.24) is 19.6 Å². The number of aromatic nitrogens is 4. The molecule has 0 atom stereocenters. The van der Waals surface area contributed by atoms with Gasteiger partial charge in [0.25, 0.3) is 0 Å². The highest BCUT2D eigenvalue weighted by atomic mass is 35.5. The van der Waals surface area contributed by atoms with Crippen molar-refractivity contribution in [3.05, 3.63) is 46.7 Å². The Morgan fingerprint density at radius 1 is 1.26 bits per heavy atom. The van der Waals surface area contributed by atoms with Crippen LogP contribution in [0, 0.1) is 11.3 Å². The second-order valence-corrected chi connectivity index (χ2v) is 5.72. The Balaban J connectivity index is 2.08. The summed E-state index contributed by atoms with van der Waals surface area (Å²) in [4.78, 5) is 4.03. The zero-order chi connectivity index (χ0) is 16.6. The third kappa shape index (κ3) is 3.09. The predicted molar refractivity (Wildman–Crippen MR) is 76.1 cm³/mol. The van der Waals surface area contributed by atoms with Crippen molar-refractivity contribution in [2.24, 2.45) is 0 Å². The van der Waals surface area contributed by atoms with Crippen molar-refractivity contribution >= 4 is 29.0 Å². The lowest BCUT2D eigenvalue weighted by Gasteiger charge is -2.08. The monoisotopic (exact) mass is 355 g/mol. The molecule has 5 nitrogen and oxygen atoms in total. The molecule has 0 aliphatic carbocycles. The summed E-state index contributed by atoms with van der Waals surface area (Å²) in [7, 11) is 0. The van der Waals surface area contributed by atoms with Gasteiger partial charge in [0.05, 0.1) is 10.6 Å². The van der Waals surface area contributed by atoms with Gasteiger partial charge >= 0.3 is 6.18 Å². The third-order valence-electron chi connectivity index (χ3n) is 2.79. The average Bonchev–Trinajstić information content (AvgIpc) is 2.90. The molecule has 3 aromatic heterocycles. The minimum atomic E-state index is -4.54. The number of nitriles is 1. The normalized spacial score (nSPS) is 11.6. The van der Waals surface area contributed by atoms with Gasteiger partial charge in [0.2, 0.25) is 5.16 Å². The summed E-state index contributed by atoms with van der Waals surface area (Å²) in [6.45, 7) is 0. The Bertz CT molecular complexity index is 931. The second kappa shape index (κ2) is 5.72. The van der Waals surface area contributed by atoms with Gasteiger partial charge in [-0.05, 0) is 30.0 Å². The van der Waals surface area contributed by atoms with Gasteiger partial charge in [-0.1, -0.05) is 17.7 Å². The highest BCUT2D eigenvalue weighted by molar-refractivity contribution is 7.99. The highest BCUT2D eigenvalue weighted by Gasteiger charge is 2.32. The molecule has 10 heteroatoms. The van der Waals surface area contributed by atoms with Crippen LogP contribution in [0.3, 0.4) is 0 Å². The summed E-state index contributed by atoms with van der Waals surface area (Å²) in [6, 6.07) is 7.43. The standard InChI is InChI=1S/C13H5ClF3N5S/c14-9-4-7(13(15,16)17)6-22-11(9)20-21-12(22)23-10-3-1-2-8(5-18)19-10/h1-4,6H. The van der Waals surface area contributed by atoms with Crippen LogP contribution in [0.1, 0.15) is 11.3 Å². The van der Waals surface area contributed by atoms with Crippen molar-refractivity contribution in [2.45, 2.75) is 16.4 Å². The quantitative estimate of drug-likeness (QED) is 0.699. The molecule has 0 aliphatic heterocycles. The van der Waals surface area contributed by atoms with Crippen LogP contribution in [0.15, 0.2) is 40.6 Å². The fraction of sp³-hybridized carbons (Fsp3) is 0.0769. The first-order valence-electron chi connectivity index (χ1n) is 6.05. The number of hydrogen-bond acceptors (Lipinski definition) is 5. The maximum absolute atomic E-state index is 12.9. The Kier molecular flexibility index (Phi) is 3.87. The molecular weight excluding hydrogens is 351 g/mol. The zero-order valence-corrected chi connectivity index (χ0v) is 12.6. The van der Waals surface area contributed by atoms with Gasteiger partial charge < -0.3 is 0 Å². The molecule has 0 saturated carbocycles. The number of pyridine rings is 2. The maximum atomic E-state index is 12.9. The molecule has 0 unspecified atom stereocenters. The van der Waals surface area contributed by atoms with Gasteiger partial charge in [0.1, 0.15) is 16.8 Å². The summed E-state index contributed by atoms with van der Waals surface area (Å²) in [5.74, 6) is 0. The van der Waals surface area contributed by atoms with Crippen molar-refractivity contribution in [2.75, 3.05) is 0 Å². The summed E-state index contributed by atoms with van der Waals surface area (Å²) >= 11 is 6.82. The number of fused-ring (bicyclic) bond motifs is 1. The van der Waals surface area contributed by atoms with E-state index >= 15 is 0 Å². The Hall–Kier alpha value is -2.31. The number of alkyl halides is 3. The molecule has 0 aliphatic rings. The average molecular weight is 356 g/mol. The van der Waals surface area contributed by atoms with Crippen LogP contribution in [0.4, 0.5) is 13.2 Å². The van der Waals surface area contributed by atoms with Crippen molar-refractivity contribution in [3.63, 3.8) is 0 Å². The van der Waals surface area contributed by atoms with E-state index in [9.17, 15) is 13.2 Å². The minimum absolute atomic E-state index is 0.110. The number of rotatable bonds is 2. The molecule has 0 radical (unpaired) electrons. The molecule has 0 amide bonds. The van der Waals surface area contributed by atoms with E-state index in [1.807, 2.05) is 6.07 Å². The maximum Gasteiger partial charge on any atom is 0.417 e. The van der Waals surface area contributed by atoms with E-state index in [4.69, 9.17) is 16.9 Å². The molecule has 0 saturated heterocycles. The van der Waals surface area contributed by atoms with E-state index in [1.54, 1.807) is 12.1 Å². The molecule has 0 spiro atoms. The van der Waals surface area contributed by atoms with Gasteiger partial charge in [-0.15, -0.1) is 10.2 Å².